The van der Waals surface area contributed by atoms with Crippen LogP contribution in [0, 0.1) is 17.0 Å². The molecule has 9 nitrogen and oxygen atoms in total. The minimum atomic E-state index is -0.576. The molecule has 0 saturated carbocycles. The average molecular weight is 542 g/mol. The van der Waals surface area contributed by atoms with Crippen molar-refractivity contribution in [3.63, 3.8) is 0 Å². The van der Waals surface area contributed by atoms with Gasteiger partial charge in [0.15, 0.2) is 0 Å². The maximum atomic E-state index is 12.7. The first kappa shape index (κ1) is 27.3. The molecule has 2 aromatic heterocycles. The summed E-state index contributed by atoms with van der Waals surface area (Å²) < 4.78 is 5.56. The Morgan fingerprint density at radius 3 is 2.38 bits per heavy atom. The van der Waals surface area contributed by atoms with Crippen LogP contribution in [0.3, 0.4) is 0 Å². The molecule has 40 heavy (non-hydrogen) atoms. The Kier molecular flexibility index (Phi) is 7.33. The van der Waals surface area contributed by atoms with Crippen LogP contribution in [-0.4, -0.2) is 64.6 Å². The molecular formula is C31H35N5O4. The zero-order valence-electron chi connectivity index (χ0n) is 23.7. The number of esters is 1. The molecule has 0 unspecified atom stereocenters. The summed E-state index contributed by atoms with van der Waals surface area (Å²) in [4.78, 5) is 36.3. The molecule has 2 aromatic carbocycles. The first-order chi connectivity index (χ1) is 19.0. The number of rotatable bonds is 6. The fourth-order valence-corrected chi connectivity index (χ4v) is 5.13. The highest BCUT2D eigenvalue weighted by Crippen LogP contribution is 2.40. The van der Waals surface area contributed by atoms with Crippen LogP contribution in [0.1, 0.15) is 31.9 Å². The number of H-pyrrole nitrogens is 1. The second-order valence-corrected chi connectivity index (χ2v) is 11.5. The van der Waals surface area contributed by atoms with E-state index in [0.29, 0.717) is 11.0 Å². The summed E-state index contributed by atoms with van der Waals surface area (Å²) in [5, 5.41) is 12.3. The van der Waals surface area contributed by atoms with Crippen molar-refractivity contribution in [3.05, 3.63) is 76.0 Å². The zero-order valence-corrected chi connectivity index (χ0v) is 23.7. The maximum absolute atomic E-state index is 12.7. The molecule has 1 aliphatic heterocycles. The summed E-state index contributed by atoms with van der Waals surface area (Å²) in [7, 11) is 2.14. The standard InChI is InChI=1S/C31H35N5O4/c1-20-6-7-22(16-23(20)17-27(37)40-31(2,3)4)28-26-18-25(36(38)39)19-32-30(26)33-29(28)21-8-10-24(11-9-21)35-14-12-34(5)13-15-35/h6-11,16,18-19H,12-15,17H2,1-5H3,(H,32,33). The Bertz CT molecular complexity index is 1560. The van der Waals surface area contributed by atoms with Crippen molar-refractivity contribution in [2.75, 3.05) is 38.1 Å². The van der Waals surface area contributed by atoms with Crippen LogP contribution in [0.4, 0.5) is 11.4 Å². The summed E-state index contributed by atoms with van der Waals surface area (Å²) in [6, 6.07) is 15.9. The van der Waals surface area contributed by atoms with E-state index in [1.807, 2.05) is 45.9 Å². The molecule has 0 spiro atoms. The third kappa shape index (κ3) is 5.84. The van der Waals surface area contributed by atoms with Gasteiger partial charge in [0.25, 0.3) is 5.69 Å². The van der Waals surface area contributed by atoms with Crippen molar-refractivity contribution in [1.29, 1.82) is 0 Å². The Labute approximate surface area is 233 Å². The molecule has 5 rings (SSSR count). The van der Waals surface area contributed by atoms with E-state index in [4.69, 9.17) is 4.74 Å². The van der Waals surface area contributed by atoms with Gasteiger partial charge < -0.3 is 19.5 Å². The fourth-order valence-electron chi connectivity index (χ4n) is 5.13. The number of aryl methyl sites for hydroxylation is 1. The molecule has 1 aliphatic rings. The second kappa shape index (κ2) is 10.7. The van der Waals surface area contributed by atoms with Crippen LogP contribution < -0.4 is 4.90 Å². The lowest BCUT2D eigenvalue weighted by Gasteiger charge is -2.34. The van der Waals surface area contributed by atoms with Crippen molar-refractivity contribution in [3.8, 4) is 22.4 Å². The zero-order chi connectivity index (χ0) is 28.6. The Morgan fingerprint density at radius 2 is 1.73 bits per heavy atom. The SMILES string of the molecule is Cc1ccc(-c2c(-c3ccc(N4CCN(C)CC4)cc3)[nH]c3ncc([N+](=O)[O-])cc23)cc1CC(=O)OC(C)(C)C. The average Bonchev–Trinajstić information content (AvgIpc) is 3.28. The van der Waals surface area contributed by atoms with Gasteiger partial charge in [0.05, 0.1) is 17.0 Å². The molecular weight excluding hydrogens is 506 g/mol. The highest BCUT2D eigenvalue weighted by atomic mass is 16.6. The summed E-state index contributed by atoms with van der Waals surface area (Å²) in [5.74, 6) is -0.302. The topological polar surface area (TPSA) is 105 Å². The number of likely N-dealkylation sites (N-methyl/N-ethyl adjacent to an activating group) is 1. The van der Waals surface area contributed by atoms with Crippen LogP contribution in [0.2, 0.25) is 0 Å². The van der Waals surface area contributed by atoms with Gasteiger partial charge in [-0.25, -0.2) is 4.98 Å². The molecule has 1 saturated heterocycles. The van der Waals surface area contributed by atoms with Crippen molar-refractivity contribution >= 4 is 28.4 Å². The van der Waals surface area contributed by atoms with E-state index in [9.17, 15) is 14.9 Å². The first-order valence-electron chi connectivity index (χ1n) is 13.5. The maximum Gasteiger partial charge on any atom is 0.310 e. The van der Waals surface area contributed by atoms with E-state index in [1.54, 1.807) is 6.07 Å². The molecule has 4 aromatic rings. The van der Waals surface area contributed by atoms with Crippen molar-refractivity contribution in [1.82, 2.24) is 14.9 Å². The lowest BCUT2D eigenvalue weighted by Crippen LogP contribution is -2.44. The van der Waals surface area contributed by atoms with Gasteiger partial charge in [-0.3, -0.25) is 14.9 Å². The Balaban J connectivity index is 1.58. The summed E-state index contributed by atoms with van der Waals surface area (Å²) >= 11 is 0. The third-order valence-electron chi connectivity index (χ3n) is 7.26. The van der Waals surface area contributed by atoms with Crippen LogP contribution in [0.15, 0.2) is 54.7 Å². The number of nitro groups is 1. The molecule has 0 bridgehead atoms. The van der Waals surface area contributed by atoms with Crippen LogP contribution in [0.5, 0.6) is 0 Å². The molecule has 9 heteroatoms. The van der Waals surface area contributed by atoms with Gasteiger partial charge in [-0.15, -0.1) is 0 Å². The highest BCUT2D eigenvalue weighted by molar-refractivity contribution is 6.03. The van der Waals surface area contributed by atoms with Crippen molar-refractivity contribution in [2.24, 2.45) is 0 Å². The second-order valence-electron chi connectivity index (χ2n) is 11.5. The van der Waals surface area contributed by atoms with E-state index in [2.05, 4.69) is 51.1 Å². The van der Waals surface area contributed by atoms with E-state index in [-0.39, 0.29) is 18.1 Å². The number of pyridine rings is 1. The summed E-state index contributed by atoms with van der Waals surface area (Å²) in [6.07, 6.45) is 1.40. The largest absolute Gasteiger partial charge is 0.460 e. The van der Waals surface area contributed by atoms with E-state index in [0.717, 1.165) is 59.7 Å². The number of aromatic nitrogens is 2. The number of aromatic amines is 1. The van der Waals surface area contributed by atoms with Gasteiger partial charge in [-0.2, -0.15) is 0 Å². The molecule has 3 heterocycles. The minimum Gasteiger partial charge on any atom is -0.460 e. The number of nitrogens with zero attached hydrogens (tertiary/aromatic N) is 4. The number of carbonyl (C=O) groups is 1. The van der Waals surface area contributed by atoms with Crippen LogP contribution >= 0.6 is 0 Å². The molecule has 0 aliphatic carbocycles. The Morgan fingerprint density at radius 1 is 1.05 bits per heavy atom. The summed E-state index contributed by atoms with van der Waals surface area (Å²) in [6.45, 7) is 11.5. The normalized spacial score (nSPS) is 14.5. The molecule has 0 radical (unpaired) electrons. The van der Waals surface area contributed by atoms with Crippen LogP contribution in [0.25, 0.3) is 33.4 Å². The third-order valence-corrected chi connectivity index (χ3v) is 7.26. The number of nitrogens with one attached hydrogen (secondary N) is 1. The predicted molar refractivity (Wildman–Crippen MR) is 158 cm³/mol. The molecule has 1 fully saturated rings. The fraction of sp³-hybridized carbons (Fsp3) is 0.355. The van der Waals surface area contributed by atoms with Gasteiger partial charge in [0, 0.05) is 48.9 Å². The molecule has 0 amide bonds. The number of benzene rings is 2. The van der Waals surface area contributed by atoms with E-state index in [1.165, 1.54) is 11.9 Å². The molecule has 1 N–H and O–H groups in total. The Hall–Kier alpha value is -4.24. The number of ether oxygens (including phenoxy) is 1. The lowest BCUT2D eigenvalue weighted by molar-refractivity contribution is -0.385. The van der Waals surface area contributed by atoms with Gasteiger partial charge in [0.1, 0.15) is 17.4 Å². The number of carbonyl (C=O) groups excluding carboxylic acids is 1. The monoisotopic (exact) mass is 541 g/mol. The van der Waals surface area contributed by atoms with Gasteiger partial charge >= 0.3 is 5.97 Å². The van der Waals surface area contributed by atoms with E-state index < -0.39 is 10.5 Å². The number of anilines is 1. The highest BCUT2D eigenvalue weighted by Gasteiger charge is 2.22. The number of hydrogen-bond acceptors (Lipinski definition) is 7. The predicted octanol–water partition coefficient (Wildman–Crippen LogP) is 5.75. The molecule has 0 atom stereocenters. The van der Waals surface area contributed by atoms with Crippen LogP contribution in [-0.2, 0) is 16.0 Å². The number of fused-ring (bicyclic) bond motifs is 1. The van der Waals surface area contributed by atoms with Gasteiger partial charge in [-0.05, 0) is 69.1 Å². The quantitative estimate of drug-likeness (QED) is 0.188. The molecule has 208 valence electrons. The lowest BCUT2D eigenvalue weighted by atomic mass is 9.94. The van der Waals surface area contributed by atoms with Crippen molar-refractivity contribution in [2.45, 2.75) is 39.7 Å². The van der Waals surface area contributed by atoms with E-state index >= 15 is 0 Å². The number of hydrogen-bond donors (Lipinski definition) is 1. The first-order valence-corrected chi connectivity index (χ1v) is 13.5. The van der Waals surface area contributed by atoms with Gasteiger partial charge in [0.2, 0.25) is 0 Å². The number of piperazine rings is 1. The van der Waals surface area contributed by atoms with Crippen molar-refractivity contribution < 1.29 is 14.5 Å². The van der Waals surface area contributed by atoms with Gasteiger partial charge in [-0.1, -0.05) is 30.3 Å². The summed E-state index contributed by atoms with van der Waals surface area (Å²) in [5.41, 5.74) is 6.31. The smallest absolute Gasteiger partial charge is 0.310 e. The minimum absolute atomic E-state index is 0.0780.